The van der Waals surface area contributed by atoms with Crippen LogP contribution < -0.4 is 10.6 Å². The van der Waals surface area contributed by atoms with Gasteiger partial charge in [-0.25, -0.2) is 4.79 Å². The maximum atomic E-state index is 12.8. The fourth-order valence-electron chi connectivity index (χ4n) is 3.48. The number of amides is 2. The number of esters is 1. The minimum Gasteiger partial charge on any atom is -0.464 e. The molecular formula is C27H35BrN2O5. The van der Waals surface area contributed by atoms with Crippen molar-refractivity contribution >= 4 is 39.4 Å². The van der Waals surface area contributed by atoms with Gasteiger partial charge in [0.2, 0.25) is 11.8 Å². The first-order valence-electron chi connectivity index (χ1n) is 12.1. The molecule has 0 aliphatic heterocycles. The van der Waals surface area contributed by atoms with Gasteiger partial charge < -0.3 is 20.5 Å². The van der Waals surface area contributed by atoms with E-state index in [1.165, 1.54) is 12.8 Å². The minimum absolute atomic E-state index is 0.0666. The van der Waals surface area contributed by atoms with Crippen molar-refractivity contribution in [2.75, 3.05) is 11.9 Å². The molecule has 190 valence electrons. The molecule has 0 aliphatic rings. The standard InChI is InChI=1S/C27H35BrN2O5/c1-2-3-4-5-6-10-19-35-27(34)25(26(33)20-11-8-7-9-12-20)30-24(32)18-17-23(31)29-22-15-13-21(28)14-16-22/h7-9,11-16,25-26,33H,2-6,10,17-19H2,1H3,(H,29,31)(H,30,32). The average molecular weight is 547 g/mol. The number of hydrogen-bond donors (Lipinski definition) is 3. The summed E-state index contributed by atoms with van der Waals surface area (Å²) in [5.74, 6) is -1.54. The Kier molecular flexibility index (Phi) is 13.1. The number of rotatable bonds is 15. The van der Waals surface area contributed by atoms with Crippen molar-refractivity contribution in [2.45, 2.75) is 70.4 Å². The van der Waals surface area contributed by atoms with E-state index in [0.29, 0.717) is 11.3 Å². The zero-order valence-electron chi connectivity index (χ0n) is 20.2. The molecule has 2 rings (SSSR count). The van der Waals surface area contributed by atoms with Crippen LogP contribution in [0, 0.1) is 0 Å². The van der Waals surface area contributed by atoms with E-state index in [0.717, 1.165) is 30.2 Å². The van der Waals surface area contributed by atoms with Gasteiger partial charge in [0.15, 0.2) is 6.04 Å². The molecule has 8 heteroatoms. The summed E-state index contributed by atoms with van der Waals surface area (Å²) >= 11 is 3.33. The monoisotopic (exact) mass is 546 g/mol. The molecule has 0 bridgehead atoms. The van der Waals surface area contributed by atoms with Gasteiger partial charge in [-0.3, -0.25) is 9.59 Å². The van der Waals surface area contributed by atoms with Crippen LogP contribution in [-0.4, -0.2) is 35.5 Å². The van der Waals surface area contributed by atoms with E-state index >= 15 is 0 Å². The summed E-state index contributed by atoms with van der Waals surface area (Å²) < 4.78 is 6.26. The van der Waals surface area contributed by atoms with Crippen LogP contribution in [0.25, 0.3) is 0 Å². The summed E-state index contributed by atoms with van der Waals surface area (Å²) in [7, 11) is 0. The molecule has 2 aromatic rings. The van der Waals surface area contributed by atoms with Crippen molar-refractivity contribution in [3.05, 3.63) is 64.6 Å². The van der Waals surface area contributed by atoms with Gasteiger partial charge in [0.25, 0.3) is 0 Å². The fourth-order valence-corrected chi connectivity index (χ4v) is 3.75. The van der Waals surface area contributed by atoms with Crippen LogP contribution in [0.2, 0.25) is 0 Å². The van der Waals surface area contributed by atoms with Crippen LogP contribution in [0.15, 0.2) is 59.1 Å². The van der Waals surface area contributed by atoms with Crippen molar-refractivity contribution < 1.29 is 24.2 Å². The number of carbonyl (C=O) groups is 3. The number of aliphatic hydroxyl groups excluding tert-OH is 1. The lowest BCUT2D eigenvalue weighted by Gasteiger charge is -2.23. The third kappa shape index (κ3) is 11.0. The van der Waals surface area contributed by atoms with E-state index in [2.05, 4.69) is 33.5 Å². The van der Waals surface area contributed by atoms with Crippen LogP contribution in [0.3, 0.4) is 0 Å². The highest BCUT2D eigenvalue weighted by Gasteiger charge is 2.31. The molecule has 35 heavy (non-hydrogen) atoms. The molecule has 0 saturated carbocycles. The zero-order valence-corrected chi connectivity index (χ0v) is 21.8. The summed E-state index contributed by atoms with van der Waals surface area (Å²) in [4.78, 5) is 37.5. The van der Waals surface area contributed by atoms with Crippen LogP contribution in [0.1, 0.15) is 70.0 Å². The number of benzene rings is 2. The van der Waals surface area contributed by atoms with Gasteiger partial charge in [-0.1, -0.05) is 85.3 Å². The number of unbranched alkanes of at least 4 members (excludes halogenated alkanes) is 5. The van der Waals surface area contributed by atoms with E-state index in [-0.39, 0.29) is 25.4 Å². The second-order valence-corrected chi connectivity index (χ2v) is 9.31. The number of nitrogens with one attached hydrogen (secondary N) is 2. The van der Waals surface area contributed by atoms with Crippen LogP contribution in [0.5, 0.6) is 0 Å². The molecule has 0 heterocycles. The van der Waals surface area contributed by atoms with Gasteiger partial charge in [0, 0.05) is 23.0 Å². The third-order valence-electron chi connectivity index (χ3n) is 5.48. The van der Waals surface area contributed by atoms with Gasteiger partial charge in [0.05, 0.1) is 6.61 Å². The maximum Gasteiger partial charge on any atom is 0.331 e. The van der Waals surface area contributed by atoms with Crippen molar-refractivity contribution in [3.63, 3.8) is 0 Å². The Balaban J connectivity index is 1.89. The summed E-state index contributed by atoms with van der Waals surface area (Å²) in [5, 5.41) is 16.1. The molecule has 0 spiro atoms. The molecule has 0 aromatic heterocycles. The Morgan fingerprint density at radius 2 is 1.51 bits per heavy atom. The lowest BCUT2D eigenvalue weighted by Crippen LogP contribution is -2.46. The van der Waals surface area contributed by atoms with E-state index in [9.17, 15) is 19.5 Å². The van der Waals surface area contributed by atoms with Crippen molar-refractivity contribution in [2.24, 2.45) is 0 Å². The second-order valence-electron chi connectivity index (χ2n) is 8.39. The molecule has 0 radical (unpaired) electrons. The molecule has 0 saturated heterocycles. The van der Waals surface area contributed by atoms with Crippen LogP contribution in [-0.2, 0) is 19.1 Å². The summed E-state index contributed by atoms with van der Waals surface area (Å²) in [6.07, 6.45) is 4.82. The number of aliphatic hydroxyl groups is 1. The Bertz CT molecular complexity index is 921. The fraction of sp³-hybridized carbons (Fsp3) is 0.444. The predicted octanol–water partition coefficient (Wildman–Crippen LogP) is 5.29. The first-order valence-corrected chi connectivity index (χ1v) is 12.9. The smallest absolute Gasteiger partial charge is 0.331 e. The molecule has 2 atom stereocenters. The number of ether oxygens (including phenoxy) is 1. The van der Waals surface area contributed by atoms with E-state index < -0.39 is 24.0 Å². The lowest BCUT2D eigenvalue weighted by molar-refractivity contribution is -0.151. The highest BCUT2D eigenvalue weighted by Crippen LogP contribution is 2.19. The predicted molar refractivity (Wildman–Crippen MR) is 140 cm³/mol. The topological polar surface area (TPSA) is 105 Å². The minimum atomic E-state index is -1.27. The van der Waals surface area contributed by atoms with Crippen molar-refractivity contribution in [1.29, 1.82) is 0 Å². The Morgan fingerprint density at radius 3 is 2.20 bits per heavy atom. The number of halogens is 1. The Labute approximate surface area is 215 Å². The van der Waals surface area contributed by atoms with E-state index in [1.54, 1.807) is 54.6 Å². The van der Waals surface area contributed by atoms with Gasteiger partial charge in [0.1, 0.15) is 6.10 Å². The largest absolute Gasteiger partial charge is 0.464 e. The quantitative estimate of drug-likeness (QED) is 0.208. The highest BCUT2D eigenvalue weighted by molar-refractivity contribution is 9.10. The Hall–Kier alpha value is -2.71. The summed E-state index contributed by atoms with van der Waals surface area (Å²) in [6, 6.07) is 14.5. The Morgan fingerprint density at radius 1 is 0.886 bits per heavy atom. The third-order valence-corrected chi connectivity index (χ3v) is 6.01. The van der Waals surface area contributed by atoms with Gasteiger partial charge in [-0.2, -0.15) is 0 Å². The maximum absolute atomic E-state index is 12.8. The van der Waals surface area contributed by atoms with Crippen molar-refractivity contribution in [3.8, 4) is 0 Å². The summed E-state index contributed by atoms with van der Waals surface area (Å²) in [6.45, 7) is 2.39. The average Bonchev–Trinajstić information content (AvgIpc) is 2.87. The molecule has 7 nitrogen and oxygen atoms in total. The van der Waals surface area contributed by atoms with Gasteiger partial charge >= 0.3 is 5.97 Å². The van der Waals surface area contributed by atoms with Crippen molar-refractivity contribution in [1.82, 2.24) is 5.32 Å². The molecule has 3 N–H and O–H groups in total. The number of hydrogen-bond acceptors (Lipinski definition) is 5. The normalized spacial score (nSPS) is 12.4. The molecule has 0 fully saturated rings. The SMILES string of the molecule is CCCCCCCCOC(=O)C(NC(=O)CCC(=O)Nc1ccc(Br)cc1)C(O)c1ccccc1. The van der Waals surface area contributed by atoms with E-state index in [4.69, 9.17) is 4.74 Å². The van der Waals surface area contributed by atoms with Crippen LogP contribution >= 0.6 is 15.9 Å². The lowest BCUT2D eigenvalue weighted by atomic mass is 10.0. The molecule has 0 aliphatic carbocycles. The van der Waals surface area contributed by atoms with E-state index in [1.807, 2.05) is 0 Å². The molecule has 2 amide bonds. The molecule has 2 aromatic carbocycles. The number of anilines is 1. The first-order chi connectivity index (χ1) is 16.9. The molecule has 2 unspecified atom stereocenters. The first kappa shape index (κ1) is 28.5. The highest BCUT2D eigenvalue weighted by atomic mass is 79.9. The number of carbonyl (C=O) groups excluding carboxylic acids is 3. The summed E-state index contributed by atoms with van der Waals surface area (Å²) in [5.41, 5.74) is 1.11. The molecular weight excluding hydrogens is 512 g/mol. The second kappa shape index (κ2) is 16.1. The zero-order chi connectivity index (χ0) is 25.5. The van der Waals surface area contributed by atoms with Gasteiger partial charge in [-0.05, 0) is 36.2 Å². The van der Waals surface area contributed by atoms with Crippen LogP contribution in [0.4, 0.5) is 5.69 Å². The van der Waals surface area contributed by atoms with Gasteiger partial charge in [-0.15, -0.1) is 0 Å².